The number of halogens is 3. The van der Waals surface area contributed by atoms with E-state index in [1.54, 1.807) is 6.07 Å². The summed E-state index contributed by atoms with van der Waals surface area (Å²) in [5.74, 6) is -7.26. The highest BCUT2D eigenvalue weighted by atomic mass is 19.2. The topological polar surface area (TPSA) is 78.0 Å². The molecule has 0 radical (unpaired) electrons. The van der Waals surface area contributed by atoms with Crippen LogP contribution >= 0.6 is 0 Å². The van der Waals surface area contributed by atoms with Gasteiger partial charge in [0.15, 0.2) is 17.4 Å². The highest BCUT2D eigenvalue weighted by molar-refractivity contribution is 5.94. The minimum atomic E-state index is -1.73. The second kappa shape index (κ2) is 5.01. The van der Waals surface area contributed by atoms with Crippen molar-refractivity contribution in [2.24, 2.45) is 0 Å². The maximum atomic E-state index is 13.4. The van der Waals surface area contributed by atoms with E-state index >= 15 is 0 Å². The van der Waals surface area contributed by atoms with Gasteiger partial charge >= 0.3 is 0 Å². The molecule has 1 amide bonds. The van der Waals surface area contributed by atoms with Crippen LogP contribution in [-0.2, 0) is 6.54 Å². The molecule has 1 aromatic heterocycles. The summed E-state index contributed by atoms with van der Waals surface area (Å²) in [6, 6.07) is 1.95. The number of phenolic OH excluding ortho intramolecular Hbond substituents is 1. The molecule has 5 nitrogen and oxygen atoms in total. The predicted molar refractivity (Wildman–Crippen MR) is 57.7 cm³/mol. The van der Waals surface area contributed by atoms with Gasteiger partial charge in [0.2, 0.25) is 5.82 Å². The zero-order valence-electron chi connectivity index (χ0n) is 9.38. The molecule has 1 aromatic carbocycles. The maximum absolute atomic E-state index is 13.4. The van der Waals surface area contributed by atoms with E-state index in [1.807, 2.05) is 0 Å². The van der Waals surface area contributed by atoms with Crippen molar-refractivity contribution in [2.75, 3.05) is 0 Å². The average Bonchev–Trinajstić information content (AvgIpc) is 2.91. The molecule has 0 saturated heterocycles. The zero-order valence-corrected chi connectivity index (χ0v) is 9.38. The fraction of sp³-hybridized carbons (Fsp3) is 0.0909. The number of aromatic hydroxyl groups is 1. The molecular formula is C11H8F3N3O2. The number of aromatic amines is 1. The first kappa shape index (κ1) is 12.9. The van der Waals surface area contributed by atoms with Gasteiger partial charge in [0.25, 0.3) is 5.91 Å². The molecule has 0 aliphatic heterocycles. The van der Waals surface area contributed by atoms with Crippen molar-refractivity contribution >= 4 is 5.91 Å². The Kier molecular flexibility index (Phi) is 3.41. The Morgan fingerprint density at radius 1 is 1.37 bits per heavy atom. The molecule has 0 unspecified atom stereocenters. The summed E-state index contributed by atoms with van der Waals surface area (Å²) in [4.78, 5) is 11.6. The molecule has 0 fully saturated rings. The maximum Gasteiger partial charge on any atom is 0.254 e. The smallest absolute Gasteiger partial charge is 0.254 e. The van der Waals surface area contributed by atoms with Crippen LogP contribution in [0.25, 0.3) is 0 Å². The Labute approximate surface area is 105 Å². The van der Waals surface area contributed by atoms with E-state index in [9.17, 15) is 18.0 Å². The van der Waals surface area contributed by atoms with Crippen molar-refractivity contribution in [3.8, 4) is 5.75 Å². The van der Waals surface area contributed by atoms with Crippen LogP contribution in [0.4, 0.5) is 13.2 Å². The van der Waals surface area contributed by atoms with Crippen molar-refractivity contribution in [1.82, 2.24) is 15.5 Å². The summed E-state index contributed by atoms with van der Waals surface area (Å²) in [5, 5.41) is 17.4. The van der Waals surface area contributed by atoms with Crippen LogP contribution in [-0.4, -0.2) is 21.2 Å². The monoisotopic (exact) mass is 271 g/mol. The summed E-state index contributed by atoms with van der Waals surface area (Å²) in [6.45, 7) is -0.00195. The van der Waals surface area contributed by atoms with E-state index < -0.39 is 34.7 Å². The lowest BCUT2D eigenvalue weighted by Crippen LogP contribution is -2.24. The third-order valence-electron chi connectivity index (χ3n) is 2.38. The van der Waals surface area contributed by atoms with E-state index in [0.717, 1.165) is 0 Å². The van der Waals surface area contributed by atoms with Crippen molar-refractivity contribution in [1.29, 1.82) is 0 Å². The number of hydrogen-bond donors (Lipinski definition) is 3. The van der Waals surface area contributed by atoms with Gasteiger partial charge in [-0.25, -0.2) is 8.78 Å². The highest BCUT2D eigenvalue weighted by Gasteiger charge is 2.22. The summed E-state index contributed by atoms with van der Waals surface area (Å²) in [6.07, 6.45) is 1.45. The van der Waals surface area contributed by atoms with Gasteiger partial charge in [-0.3, -0.25) is 9.89 Å². The summed E-state index contributed by atoms with van der Waals surface area (Å²) in [7, 11) is 0. The molecule has 0 saturated carbocycles. The summed E-state index contributed by atoms with van der Waals surface area (Å²) < 4.78 is 39.3. The molecule has 1 heterocycles. The number of carbonyl (C=O) groups is 1. The molecule has 100 valence electrons. The van der Waals surface area contributed by atoms with Gasteiger partial charge in [0.1, 0.15) is 0 Å². The minimum absolute atomic E-state index is 0.00195. The number of carbonyl (C=O) groups excluding carboxylic acids is 1. The van der Waals surface area contributed by atoms with Crippen LogP contribution in [0.15, 0.2) is 18.3 Å². The number of benzene rings is 1. The molecule has 0 aliphatic carbocycles. The number of H-pyrrole nitrogens is 1. The van der Waals surface area contributed by atoms with E-state index in [2.05, 4.69) is 15.5 Å². The first-order valence-electron chi connectivity index (χ1n) is 5.13. The van der Waals surface area contributed by atoms with E-state index in [0.29, 0.717) is 11.8 Å². The second-order valence-corrected chi connectivity index (χ2v) is 3.65. The number of rotatable bonds is 3. The second-order valence-electron chi connectivity index (χ2n) is 3.65. The Hall–Kier alpha value is -2.51. The fourth-order valence-corrected chi connectivity index (χ4v) is 1.41. The van der Waals surface area contributed by atoms with Gasteiger partial charge in [0, 0.05) is 6.20 Å². The molecule has 0 spiro atoms. The summed E-state index contributed by atoms with van der Waals surface area (Å²) in [5.41, 5.74) is -0.239. The van der Waals surface area contributed by atoms with Crippen molar-refractivity contribution in [3.05, 3.63) is 47.0 Å². The van der Waals surface area contributed by atoms with Crippen LogP contribution in [0.5, 0.6) is 5.75 Å². The number of hydrogen-bond acceptors (Lipinski definition) is 3. The van der Waals surface area contributed by atoms with Gasteiger partial charge in [-0.15, -0.1) is 0 Å². The third-order valence-corrected chi connectivity index (χ3v) is 2.38. The molecule has 0 atom stereocenters. The molecule has 19 heavy (non-hydrogen) atoms. The van der Waals surface area contributed by atoms with Crippen LogP contribution in [0.2, 0.25) is 0 Å². The largest absolute Gasteiger partial charge is 0.503 e. The van der Waals surface area contributed by atoms with Gasteiger partial charge in [-0.1, -0.05) is 0 Å². The number of aromatic nitrogens is 2. The Morgan fingerprint density at radius 2 is 2.11 bits per heavy atom. The Bertz CT molecular complexity index is 614. The van der Waals surface area contributed by atoms with Gasteiger partial charge in [-0.2, -0.15) is 9.49 Å². The van der Waals surface area contributed by atoms with Crippen molar-refractivity contribution in [2.45, 2.75) is 6.54 Å². The molecule has 0 aliphatic rings. The lowest BCUT2D eigenvalue weighted by Gasteiger charge is -2.07. The fourth-order valence-electron chi connectivity index (χ4n) is 1.41. The van der Waals surface area contributed by atoms with Crippen molar-refractivity contribution < 1.29 is 23.1 Å². The highest BCUT2D eigenvalue weighted by Crippen LogP contribution is 2.25. The number of nitrogens with one attached hydrogen (secondary N) is 2. The summed E-state index contributed by atoms with van der Waals surface area (Å²) >= 11 is 0. The normalized spacial score (nSPS) is 10.5. The molecule has 0 bridgehead atoms. The minimum Gasteiger partial charge on any atom is -0.503 e. The molecule has 8 heteroatoms. The number of nitrogens with zero attached hydrogens (tertiary/aromatic N) is 1. The Morgan fingerprint density at radius 3 is 2.74 bits per heavy atom. The molecule has 2 aromatic rings. The Balaban J connectivity index is 2.20. The van der Waals surface area contributed by atoms with E-state index in [4.69, 9.17) is 5.11 Å². The van der Waals surface area contributed by atoms with E-state index in [-0.39, 0.29) is 6.54 Å². The van der Waals surface area contributed by atoms with E-state index in [1.165, 1.54) is 6.20 Å². The van der Waals surface area contributed by atoms with Crippen LogP contribution in [0, 0.1) is 17.5 Å². The number of amides is 1. The van der Waals surface area contributed by atoms with Gasteiger partial charge < -0.3 is 10.4 Å². The average molecular weight is 271 g/mol. The van der Waals surface area contributed by atoms with Gasteiger partial charge in [-0.05, 0) is 12.1 Å². The van der Waals surface area contributed by atoms with Gasteiger partial charge in [0.05, 0.1) is 17.8 Å². The molecule has 2 rings (SSSR count). The predicted octanol–water partition coefficient (Wildman–Crippen LogP) is 1.46. The quantitative estimate of drug-likeness (QED) is 0.739. The lowest BCUT2D eigenvalue weighted by atomic mass is 10.1. The SMILES string of the molecule is O=C(NCc1ccn[nH]1)c1cc(F)c(F)c(O)c1F. The zero-order chi connectivity index (χ0) is 14.0. The number of phenols is 1. The lowest BCUT2D eigenvalue weighted by molar-refractivity contribution is 0.0944. The first-order valence-corrected chi connectivity index (χ1v) is 5.13. The van der Waals surface area contributed by atoms with Crippen LogP contribution in [0.1, 0.15) is 16.1 Å². The first-order chi connectivity index (χ1) is 9.00. The standard InChI is InChI=1S/C11H8F3N3O2/c12-7-3-6(8(13)10(18)9(7)14)11(19)15-4-5-1-2-16-17-5/h1-3,18H,4H2,(H,15,19)(H,16,17). The molecular weight excluding hydrogens is 263 g/mol. The third kappa shape index (κ3) is 2.51. The molecule has 3 N–H and O–H groups in total. The van der Waals surface area contributed by atoms with Crippen molar-refractivity contribution in [3.63, 3.8) is 0 Å². The van der Waals surface area contributed by atoms with Crippen LogP contribution < -0.4 is 5.32 Å². The van der Waals surface area contributed by atoms with Crippen LogP contribution in [0.3, 0.4) is 0 Å².